The molecular formula is C15H21NO3S. The number of aromatic nitrogens is 1. The van der Waals surface area contributed by atoms with Crippen LogP contribution < -0.4 is 4.74 Å². The van der Waals surface area contributed by atoms with Crippen molar-refractivity contribution in [2.24, 2.45) is 0 Å². The first-order valence-electron chi connectivity index (χ1n) is 7.16. The van der Waals surface area contributed by atoms with E-state index in [2.05, 4.69) is 4.98 Å². The summed E-state index contributed by atoms with van der Waals surface area (Å²) < 4.78 is 17.4. The van der Waals surface area contributed by atoms with E-state index in [1.54, 1.807) is 13.3 Å². The molecule has 0 radical (unpaired) electrons. The summed E-state index contributed by atoms with van der Waals surface area (Å²) in [6.07, 6.45) is 5.95. The van der Waals surface area contributed by atoms with E-state index in [-0.39, 0.29) is 10.5 Å². The van der Waals surface area contributed by atoms with E-state index in [9.17, 15) is 9.32 Å². The van der Waals surface area contributed by atoms with Gasteiger partial charge < -0.3 is 9.84 Å². The Hall–Kier alpha value is -0.940. The Morgan fingerprint density at radius 1 is 1.40 bits per heavy atom. The Balaban J connectivity index is 1.93. The van der Waals surface area contributed by atoms with E-state index in [0.29, 0.717) is 18.7 Å². The van der Waals surface area contributed by atoms with Crippen molar-refractivity contribution in [1.82, 2.24) is 4.98 Å². The van der Waals surface area contributed by atoms with Crippen molar-refractivity contribution in [1.29, 1.82) is 0 Å². The van der Waals surface area contributed by atoms with E-state index >= 15 is 0 Å². The Kier molecular flexibility index (Phi) is 3.58. The second kappa shape index (κ2) is 5.11. The van der Waals surface area contributed by atoms with Gasteiger partial charge in [0.1, 0.15) is 0 Å². The van der Waals surface area contributed by atoms with E-state index < -0.39 is 16.4 Å². The van der Waals surface area contributed by atoms with Gasteiger partial charge in [-0.15, -0.1) is 0 Å². The van der Waals surface area contributed by atoms with E-state index in [0.717, 1.165) is 30.4 Å². The minimum Gasteiger partial charge on any atom is -0.481 e. The van der Waals surface area contributed by atoms with Gasteiger partial charge in [-0.05, 0) is 38.7 Å². The number of aliphatic hydroxyl groups is 1. The van der Waals surface area contributed by atoms with Gasteiger partial charge in [-0.3, -0.25) is 4.21 Å². The maximum atomic E-state index is 12.3. The average molecular weight is 295 g/mol. The monoisotopic (exact) mass is 295 g/mol. The largest absolute Gasteiger partial charge is 0.481 e. The van der Waals surface area contributed by atoms with Crippen LogP contribution in [0.1, 0.15) is 43.2 Å². The first kappa shape index (κ1) is 14.0. The van der Waals surface area contributed by atoms with Crippen LogP contribution >= 0.6 is 0 Å². The van der Waals surface area contributed by atoms with Crippen LogP contribution in [0.25, 0.3) is 0 Å². The standard InChI is InChI=1S/C15H21NO3S/c1-10-6-11(9-16-14(10)19-2)15(17)7-12-4-3-5-13(8-15)20(12)18/h6,9,12-13,17H,3-5,7-8H2,1-2H3. The van der Waals surface area contributed by atoms with Gasteiger partial charge in [-0.1, -0.05) is 6.42 Å². The lowest BCUT2D eigenvalue weighted by Gasteiger charge is -2.43. The topological polar surface area (TPSA) is 59.4 Å². The van der Waals surface area contributed by atoms with Crippen molar-refractivity contribution >= 4 is 10.8 Å². The normalized spacial score (nSPS) is 36.6. The zero-order valence-corrected chi connectivity index (χ0v) is 12.8. The second-order valence-corrected chi connectivity index (χ2v) is 7.98. The van der Waals surface area contributed by atoms with E-state index in [1.807, 2.05) is 13.0 Å². The molecule has 1 N–H and O–H groups in total. The lowest BCUT2D eigenvalue weighted by molar-refractivity contribution is 0.00612. The molecule has 2 aliphatic heterocycles. The molecule has 1 aromatic heterocycles. The number of fused-ring (bicyclic) bond motifs is 2. The quantitative estimate of drug-likeness (QED) is 0.907. The fourth-order valence-corrected chi connectivity index (χ4v) is 5.77. The molecule has 20 heavy (non-hydrogen) atoms. The molecular weight excluding hydrogens is 274 g/mol. The van der Waals surface area contributed by atoms with Gasteiger partial charge in [0.05, 0.1) is 12.7 Å². The van der Waals surface area contributed by atoms with Crippen LogP contribution in [0.5, 0.6) is 5.88 Å². The van der Waals surface area contributed by atoms with Crippen molar-refractivity contribution in [2.45, 2.75) is 55.1 Å². The number of pyridine rings is 1. The molecule has 3 rings (SSSR count). The zero-order chi connectivity index (χ0) is 14.3. The number of ether oxygens (including phenoxy) is 1. The van der Waals surface area contributed by atoms with Gasteiger partial charge >= 0.3 is 0 Å². The molecule has 0 aliphatic carbocycles. The predicted octanol–water partition coefficient (Wildman–Crippen LogP) is 2.05. The van der Waals surface area contributed by atoms with E-state index in [1.165, 1.54) is 0 Å². The molecule has 0 saturated carbocycles. The molecule has 4 nitrogen and oxygen atoms in total. The lowest BCUT2D eigenvalue weighted by Crippen LogP contribution is -2.47. The molecule has 5 heteroatoms. The molecule has 2 aliphatic rings. The first-order chi connectivity index (χ1) is 9.53. The second-order valence-electron chi connectivity index (χ2n) is 5.99. The molecule has 0 aromatic carbocycles. The Morgan fingerprint density at radius 2 is 2.05 bits per heavy atom. The third-order valence-corrected chi connectivity index (χ3v) is 6.72. The molecule has 2 unspecified atom stereocenters. The van der Waals surface area contributed by atoms with Gasteiger partial charge in [-0.2, -0.15) is 0 Å². The summed E-state index contributed by atoms with van der Waals surface area (Å²) >= 11 is 0. The molecule has 3 heterocycles. The van der Waals surface area contributed by atoms with Crippen LogP contribution in [0.2, 0.25) is 0 Å². The van der Waals surface area contributed by atoms with Crippen molar-refractivity contribution < 1.29 is 14.1 Å². The number of hydrogen-bond donors (Lipinski definition) is 1. The summed E-state index contributed by atoms with van der Waals surface area (Å²) in [5.74, 6) is 0.594. The molecule has 2 atom stereocenters. The van der Waals surface area contributed by atoms with Crippen molar-refractivity contribution in [3.8, 4) is 5.88 Å². The summed E-state index contributed by atoms with van der Waals surface area (Å²) in [5.41, 5.74) is 0.882. The van der Waals surface area contributed by atoms with Crippen molar-refractivity contribution in [2.75, 3.05) is 7.11 Å². The molecule has 2 bridgehead atoms. The Morgan fingerprint density at radius 3 is 2.60 bits per heavy atom. The van der Waals surface area contributed by atoms with Crippen LogP contribution in [-0.4, -0.2) is 31.9 Å². The minimum absolute atomic E-state index is 0.134. The fraction of sp³-hybridized carbons (Fsp3) is 0.667. The van der Waals surface area contributed by atoms with E-state index in [4.69, 9.17) is 4.74 Å². The highest BCUT2D eigenvalue weighted by Crippen LogP contribution is 2.44. The Bertz CT molecular complexity index is 530. The highest BCUT2D eigenvalue weighted by Gasteiger charge is 2.46. The van der Waals surface area contributed by atoms with Crippen LogP contribution in [-0.2, 0) is 16.4 Å². The maximum absolute atomic E-state index is 12.3. The van der Waals surface area contributed by atoms with Gasteiger partial charge in [0.2, 0.25) is 5.88 Å². The third kappa shape index (κ3) is 2.27. The highest BCUT2D eigenvalue weighted by molar-refractivity contribution is 7.86. The predicted molar refractivity (Wildman–Crippen MR) is 78.2 cm³/mol. The minimum atomic E-state index is -0.881. The summed E-state index contributed by atoms with van der Waals surface area (Å²) in [4.78, 5) is 4.27. The van der Waals surface area contributed by atoms with Gasteiger partial charge in [0.25, 0.3) is 0 Å². The Labute approximate surface area is 122 Å². The fourth-order valence-electron chi connectivity index (χ4n) is 3.55. The van der Waals surface area contributed by atoms with Crippen LogP contribution in [0.15, 0.2) is 12.3 Å². The lowest BCUT2D eigenvalue weighted by atomic mass is 9.81. The first-order valence-corrected chi connectivity index (χ1v) is 8.44. The van der Waals surface area contributed by atoms with Crippen LogP contribution in [0, 0.1) is 6.92 Å². The zero-order valence-electron chi connectivity index (χ0n) is 12.0. The van der Waals surface area contributed by atoms with Crippen LogP contribution in [0.4, 0.5) is 0 Å². The third-order valence-electron chi connectivity index (χ3n) is 4.60. The molecule has 1 aromatic rings. The molecule has 110 valence electrons. The molecule has 2 saturated heterocycles. The number of hydrogen-bond acceptors (Lipinski definition) is 4. The average Bonchev–Trinajstić information content (AvgIpc) is 2.41. The summed E-state index contributed by atoms with van der Waals surface area (Å²) in [5, 5.41) is 11.3. The summed E-state index contributed by atoms with van der Waals surface area (Å²) in [7, 11) is 0.822. The smallest absolute Gasteiger partial charge is 0.215 e. The summed E-state index contributed by atoms with van der Waals surface area (Å²) in [6.45, 7) is 1.93. The number of aryl methyl sites for hydroxylation is 1. The van der Waals surface area contributed by atoms with Crippen molar-refractivity contribution in [3.63, 3.8) is 0 Å². The van der Waals surface area contributed by atoms with Gasteiger partial charge in [0.15, 0.2) is 0 Å². The SMILES string of the molecule is COc1ncc(C2(O)CC3CCCC(C2)S3=O)cc1C. The number of nitrogens with zero attached hydrogens (tertiary/aromatic N) is 1. The number of rotatable bonds is 2. The highest BCUT2D eigenvalue weighted by atomic mass is 32.2. The molecule has 2 fully saturated rings. The van der Waals surface area contributed by atoms with Crippen LogP contribution in [0.3, 0.4) is 0 Å². The molecule has 0 amide bonds. The van der Waals surface area contributed by atoms with Crippen molar-refractivity contribution in [3.05, 3.63) is 23.4 Å². The summed E-state index contributed by atoms with van der Waals surface area (Å²) in [6, 6.07) is 1.95. The van der Waals surface area contributed by atoms with Gasteiger partial charge in [-0.25, -0.2) is 4.98 Å². The maximum Gasteiger partial charge on any atom is 0.215 e. The van der Waals surface area contributed by atoms with Gasteiger partial charge in [0, 0.05) is 38.6 Å². The molecule has 0 spiro atoms. The number of methoxy groups -OCH3 is 1.